The third-order valence-corrected chi connectivity index (χ3v) is 3.71. The number of rotatable bonds is 5. The van der Waals surface area contributed by atoms with Crippen LogP contribution in [0, 0.1) is 5.92 Å². The maximum Gasteiger partial charge on any atom is 0.223 e. The second-order valence-electron chi connectivity index (χ2n) is 5.22. The molecule has 0 fully saturated rings. The number of hydrogen-bond acceptors (Lipinski definition) is 1. The molecule has 1 amide bonds. The molecule has 106 valence electrons. The van der Waals surface area contributed by atoms with Crippen molar-refractivity contribution in [1.29, 1.82) is 0 Å². The predicted octanol–water partition coefficient (Wildman–Crippen LogP) is 3.70. The first-order chi connectivity index (χ1) is 9.61. The highest BCUT2D eigenvalue weighted by atomic mass is 16.1. The summed E-state index contributed by atoms with van der Waals surface area (Å²) in [7, 11) is 0. The van der Waals surface area contributed by atoms with Crippen molar-refractivity contribution in [2.45, 2.75) is 33.2 Å². The Bertz CT molecular complexity index is 543. The summed E-state index contributed by atoms with van der Waals surface area (Å²) in [5.41, 5.74) is 2.25. The normalized spacial score (nSPS) is 13.8. The molecule has 3 nitrogen and oxygen atoms in total. The van der Waals surface area contributed by atoms with E-state index in [0.29, 0.717) is 0 Å². The number of nitrogens with zero attached hydrogens (tertiary/aromatic N) is 1. The van der Waals surface area contributed by atoms with Gasteiger partial charge in [-0.05, 0) is 43.2 Å². The molecule has 0 aliphatic rings. The average Bonchev–Trinajstić information content (AvgIpc) is 3.00. The Labute approximate surface area is 120 Å². The van der Waals surface area contributed by atoms with Gasteiger partial charge in [0.25, 0.3) is 0 Å². The third-order valence-electron chi connectivity index (χ3n) is 3.71. The van der Waals surface area contributed by atoms with Gasteiger partial charge in [0.1, 0.15) is 0 Å². The fourth-order valence-corrected chi connectivity index (χ4v) is 2.07. The van der Waals surface area contributed by atoms with Crippen molar-refractivity contribution in [3.8, 4) is 5.69 Å². The Morgan fingerprint density at radius 3 is 2.30 bits per heavy atom. The van der Waals surface area contributed by atoms with Crippen molar-refractivity contribution in [2.24, 2.45) is 5.92 Å². The first-order valence-electron chi connectivity index (χ1n) is 7.15. The number of carbonyl (C=O) groups is 1. The van der Waals surface area contributed by atoms with Gasteiger partial charge in [-0.2, -0.15) is 0 Å². The van der Waals surface area contributed by atoms with Crippen LogP contribution in [0.25, 0.3) is 5.69 Å². The van der Waals surface area contributed by atoms with Crippen molar-refractivity contribution in [3.63, 3.8) is 0 Å². The summed E-state index contributed by atoms with van der Waals surface area (Å²) in [5, 5.41) is 3.06. The number of benzene rings is 1. The summed E-state index contributed by atoms with van der Waals surface area (Å²) in [6.45, 7) is 6.00. The van der Waals surface area contributed by atoms with Crippen LogP contribution in [0.1, 0.15) is 38.8 Å². The van der Waals surface area contributed by atoms with Crippen molar-refractivity contribution >= 4 is 5.91 Å². The Hall–Kier alpha value is -2.03. The van der Waals surface area contributed by atoms with Crippen LogP contribution in [0.3, 0.4) is 0 Å². The molecule has 1 aromatic heterocycles. The van der Waals surface area contributed by atoms with E-state index in [1.165, 1.54) is 0 Å². The molecule has 2 unspecified atom stereocenters. The molecule has 1 N–H and O–H groups in total. The van der Waals surface area contributed by atoms with E-state index in [9.17, 15) is 4.79 Å². The van der Waals surface area contributed by atoms with E-state index in [-0.39, 0.29) is 17.9 Å². The molecule has 1 aromatic carbocycles. The monoisotopic (exact) mass is 270 g/mol. The summed E-state index contributed by atoms with van der Waals surface area (Å²) in [5.74, 6) is 0.186. The van der Waals surface area contributed by atoms with Gasteiger partial charge in [0.05, 0.1) is 6.04 Å². The standard InChI is InChI=1S/C17H22N2O/c1-4-13(2)17(20)18-14(3)15-7-9-16(10-8-15)19-11-5-6-12-19/h5-14H,4H2,1-3H3,(H,18,20). The Kier molecular flexibility index (Phi) is 4.61. The molecule has 0 aliphatic carbocycles. The van der Waals surface area contributed by atoms with Crippen LogP contribution >= 0.6 is 0 Å². The first kappa shape index (κ1) is 14.4. The van der Waals surface area contributed by atoms with Crippen molar-refractivity contribution in [1.82, 2.24) is 9.88 Å². The topological polar surface area (TPSA) is 34.0 Å². The van der Waals surface area contributed by atoms with Gasteiger partial charge in [-0.25, -0.2) is 0 Å². The Morgan fingerprint density at radius 2 is 1.75 bits per heavy atom. The van der Waals surface area contributed by atoms with Gasteiger partial charge < -0.3 is 9.88 Å². The molecule has 0 saturated carbocycles. The van der Waals surface area contributed by atoms with Crippen molar-refractivity contribution < 1.29 is 4.79 Å². The van der Waals surface area contributed by atoms with Gasteiger partial charge >= 0.3 is 0 Å². The molecule has 0 saturated heterocycles. The van der Waals surface area contributed by atoms with E-state index in [1.54, 1.807) is 0 Å². The molecule has 2 atom stereocenters. The summed E-state index contributed by atoms with van der Waals surface area (Å²) < 4.78 is 2.06. The van der Waals surface area contributed by atoms with Crippen LogP contribution in [0.5, 0.6) is 0 Å². The van der Waals surface area contributed by atoms with Crippen LogP contribution in [-0.4, -0.2) is 10.5 Å². The first-order valence-corrected chi connectivity index (χ1v) is 7.15. The van der Waals surface area contributed by atoms with E-state index in [4.69, 9.17) is 0 Å². The SMILES string of the molecule is CCC(C)C(=O)NC(C)c1ccc(-n2cccc2)cc1. The lowest BCUT2D eigenvalue weighted by Gasteiger charge is -2.17. The minimum absolute atomic E-state index is 0.0372. The number of aromatic nitrogens is 1. The van der Waals surface area contributed by atoms with Crippen molar-refractivity contribution in [2.75, 3.05) is 0 Å². The highest BCUT2D eigenvalue weighted by Crippen LogP contribution is 2.16. The quantitative estimate of drug-likeness (QED) is 0.883. The fourth-order valence-electron chi connectivity index (χ4n) is 2.07. The number of amides is 1. The predicted molar refractivity (Wildman–Crippen MR) is 81.8 cm³/mol. The van der Waals surface area contributed by atoms with Gasteiger partial charge in [-0.3, -0.25) is 4.79 Å². The zero-order valence-corrected chi connectivity index (χ0v) is 12.3. The largest absolute Gasteiger partial charge is 0.349 e. The summed E-state index contributed by atoms with van der Waals surface area (Å²) in [6.07, 6.45) is 4.90. The molecule has 0 aliphatic heterocycles. The smallest absolute Gasteiger partial charge is 0.223 e. The number of carbonyl (C=O) groups excluding carboxylic acids is 1. The molecular weight excluding hydrogens is 248 g/mol. The van der Waals surface area contributed by atoms with Crippen LogP contribution < -0.4 is 5.32 Å². The molecule has 20 heavy (non-hydrogen) atoms. The molecule has 0 spiro atoms. The lowest BCUT2D eigenvalue weighted by molar-refractivity contribution is -0.125. The Balaban J connectivity index is 2.04. The zero-order valence-electron chi connectivity index (χ0n) is 12.3. The van der Waals surface area contributed by atoms with Gasteiger partial charge in [-0.15, -0.1) is 0 Å². The van der Waals surface area contributed by atoms with E-state index in [2.05, 4.69) is 34.1 Å². The molecular formula is C17H22N2O. The highest BCUT2D eigenvalue weighted by Gasteiger charge is 2.14. The molecule has 2 rings (SSSR count). The summed E-state index contributed by atoms with van der Waals surface area (Å²) in [6, 6.07) is 12.3. The van der Waals surface area contributed by atoms with Gasteiger partial charge in [0.15, 0.2) is 0 Å². The number of nitrogens with one attached hydrogen (secondary N) is 1. The maximum absolute atomic E-state index is 11.9. The van der Waals surface area contributed by atoms with Gasteiger partial charge in [0, 0.05) is 24.0 Å². The third kappa shape index (κ3) is 3.29. The summed E-state index contributed by atoms with van der Waals surface area (Å²) in [4.78, 5) is 11.9. The lowest BCUT2D eigenvalue weighted by Crippen LogP contribution is -2.31. The highest BCUT2D eigenvalue weighted by molar-refractivity contribution is 5.78. The van der Waals surface area contributed by atoms with E-state index < -0.39 is 0 Å². The van der Waals surface area contributed by atoms with Gasteiger partial charge in [0.2, 0.25) is 5.91 Å². The zero-order chi connectivity index (χ0) is 14.5. The number of hydrogen-bond donors (Lipinski definition) is 1. The van der Waals surface area contributed by atoms with Crippen LogP contribution in [-0.2, 0) is 4.79 Å². The molecule has 0 bridgehead atoms. The average molecular weight is 270 g/mol. The minimum atomic E-state index is 0.0372. The van der Waals surface area contributed by atoms with E-state index in [1.807, 2.05) is 45.3 Å². The molecule has 3 heteroatoms. The lowest BCUT2D eigenvalue weighted by atomic mass is 10.0. The molecule has 0 radical (unpaired) electrons. The summed E-state index contributed by atoms with van der Waals surface area (Å²) >= 11 is 0. The fraction of sp³-hybridized carbons (Fsp3) is 0.353. The second-order valence-corrected chi connectivity index (χ2v) is 5.22. The van der Waals surface area contributed by atoms with Crippen LogP contribution in [0.4, 0.5) is 0 Å². The van der Waals surface area contributed by atoms with Crippen LogP contribution in [0.2, 0.25) is 0 Å². The Morgan fingerprint density at radius 1 is 1.15 bits per heavy atom. The second kappa shape index (κ2) is 6.42. The van der Waals surface area contributed by atoms with Crippen molar-refractivity contribution in [3.05, 3.63) is 54.4 Å². The van der Waals surface area contributed by atoms with Crippen LogP contribution in [0.15, 0.2) is 48.8 Å². The minimum Gasteiger partial charge on any atom is -0.349 e. The molecule has 1 heterocycles. The van der Waals surface area contributed by atoms with E-state index >= 15 is 0 Å². The molecule has 2 aromatic rings. The van der Waals surface area contributed by atoms with Gasteiger partial charge in [-0.1, -0.05) is 26.0 Å². The van der Waals surface area contributed by atoms with E-state index in [0.717, 1.165) is 17.7 Å². The maximum atomic E-state index is 11.9.